The second-order valence-corrected chi connectivity index (χ2v) is 3.43. The molecule has 0 fully saturated rings. The quantitative estimate of drug-likeness (QED) is 0.779. The first-order valence-corrected chi connectivity index (χ1v) is 4.95. The van der Waals surface area contributed by atoms with Gasteiger partial charge in [-0.2, -0.15) is 5.10 Å². The number of carbonyl (C=O) groups excluding carboxylic acids is 1. The lowest BCUT2D eigenvalue weighted by Gasteiger charge is -2.01. The fourth-order valence-electron chi connectivity index (χ4n) is 1.55. The van der Waals surface area contributed by atoms with Gasteiger partial charge in [0.05, 0.1) is 11.2 Å². The number of hydrogen-bond donors (Lipinski definition) is 2. The highest BCUT2D eigenvalue weighted by Crippen LogP contribution is 2.16. The lowest BCUT2D eigenvalue weighted by molar-refractivity contribution is 0.0956. The minimum absolute atomic E-state index is 0.0417. The van der Waals surface area contributed by atoms with Crippen LogP contribution in [0.25, 0.3) is 10.9 Å². The van der Waals surface area contributed by atoms with Crippen LogP contribution in [-0.2, 0) is 0 Å². The maximum Gasteiger partial charge on any atom is 0.251 e. The second kappa shape index (κ2) is 3.73. The van der Waals surface area contributed by atoms with E-state index in [0.717, 1.165) is 16.6 Å². The molecule has 1 amide bonds. The Balaban J connectivity index is 2.45. The van der Waals surface area contributed by atoms with Gasteiger partial charge in [-0.25, -0.2) is 0 Å². The highest BCUT2D eigenvalue weighted by molar-refractivity contribution is 5.98. The second-order valence-electron chi connectivity index (χ2n) is 3.43. The average molecular weight is 203 g/mol. The lowest BCUT2D eigenvalue weighted by Crippen LogP contribution is -2.22. The highest BCUT2D eigenvalue weighted by Gasteiger charge is 2.07. The minimum Gasteiger partial charge on any atom is -0.352 e. The van der Waals surface area contributed by atoms with Gasteiger partial charge in [-0.05, 0) is 32.0 Å². The number of carbonyl (C=O) groups is 1. The Labute approximate surface area is 87.7 Å². The Bertz CT molecular complexity index is 502. The fraction of sp³-hybridized carbons (Fsp3) is 0.273. The van der Waals surface area contributed by atoms with Gasteiger partial charge < -0.3 is 5.32 Å². The SMILES string of the molecule is CCNC(=O)c1ccc2[nH]nc(C)c2c1. The summed E-state index contributed by atoms with van der Waals surface area (Å²) >= 11 is 0. The zero-order valence-electron chi connectivity index (χ0n) is 8.79. The molecule has 0 atom stereocenters. The van der Waals surface area contributed by atoms with E-state index in [1.54, 1.807) is 6.07 Å². The number of benzene rings is 1. The van der Waals surface area contributed by atoms with Crippen LogP contribution >= 0.6 is 0 Å². The van der Waals surface area contributed by atoms with Crippen LogP contribution in [0.3, 0.4) is 0 Å². The minimum atomic E-state index is -0.0417. The molecule has 2 rings (SSSR count). The molecule has 1 aromatic carbocycles. The number of fused-ring (bicyclic) bond motifs is 1. The molecule has 4 heteroatoms. The Morgan fingerprint density at radius 3 is 3.07 bits per heavy atom. The van der Waals surface area contributed by atoms with Gasteiger partial charge >= 0.3 is 0 Å². The Hall–Kier alpha value is -1.84. The fourth-order valence-corrected chi connectivity index (χ4v) is 1.55. The van der Waals surface area contributed by atoms with Gasteiger partial charge in [0.25, 0.3) is 5.91 Å². The van der Waals surface area contributed by atoms with Crippen molar-refractivity contribution in [2.24, 2.45) is 0 Å². The predicted octanol–water partition coefficient (Wildman–Crippen LogP) is 1.62. The van der Waals surface area contributed by atoms with E-state index in [0.29, 0.717) is 12.1 Å². The van der Waals surface area contributed by atoms with Gasteiger partial charge in [0.2, 0.25) is 0 Å². The summed E-state index contributed by atoms with van der Waals surface area (Å²) in [6.45, 7) is 4.46. The number of nitrogens with zero attached hydrogens (tertiary/aromatic N) is 1. The Kier molecular flexibility index (Phi) is 2.41. The number of rotatable bonds is 2. The summed E-state index contributed by atoms with van der Waals surface area (Å²) in [6.07, 6.45) is 0. The van der Waals surface area contributed by atoms with E-state index < -0.39 is 0 Å². The standard InChI is InChI=1S/C11H13N3O/c1-3-12-11(15)8-4-5-10-9(6-8)7(2)13-14-10/h4-6H,3H2,1-2H3,(H,12,15)(H,13,14). The van der Waals surface area contributed by atoms with E-state index in [-0.39, 0.29) is 5.91 Å². The van der Waals surface area contributed by atoms with Crippen LogP contribution in [0, 0.1) is 6.92 Å². The highest BCUT2D eigenvalue weighted by atomic mass is 16.1. The molecule has 78 valence electrons. The number of H-pyrrole nitrogens is 1. The summed E-state index contributed by atoms with van der Waals surface area (Å²) < 4.78 is 0. The first-order chi connectivity index (χ1) is 7.22. The Morgan fingerprint density at radius 2 is 2.33 bits per heavy atom. The number of hydrogen-bond acceptors (Lipinski definition) is 2. The van der Waals surface area contributed by atoms with Crippen molar-refractivity contribution in [3.63, 3.8) is 0 Å². The first-order valence-electron chi connectivity index (χ1n) is 4.95. The average Bonchev–Trinajstić information content (AvgIpc) is 2.60. The molecule has 1 heterocycles. The van der Waals surface area contributed by atoms with Gasteiger partial charge in [0.1, 0.15) is 0 Å². The zero-order chi connectivity index (χ0) is 10.8. The molecule has 0 unspecified atom stereocenters. The first kappa shape index (κ1) is 9.71. The van der Waals surface area contributed by atoms with Crippen LogP contribution in [0.2, 0.25) is 0 Å². The van der Waals surface area contributed by atoms with Crippen LogP contribution in [0.4, 0.5) is 0 Å². The molecule has 0 aliphatic rings. The van der Waals surface area contributed by atoms with Crippen LogP contribution in [0.5, 0.6) is 0 Å². The smallest absolute Gasteiger partial charge is 0.251 e. The molecule has 15 heavy (non-hydrogen) atoms. The van der Waals surface area contributed by atoms with Gasteiger partial charge in [-0.15, -0.1) is 0 Å². The van der Waals surface area contributed by atoms with E-state index in [2.05, 4.69) is 15.5 Å². The topological polar surface area (TPSA) is 57.8 Å². The largest absolute Gasteiger partial charge is 0.352 e. The number of aromatic amines is 1. The van der Waals surface area contributed by atoms with Crippen molar-refractivity contribution in [1.82, 2.24) is 15.5 Å². The van der Waals surface area contributed by atoms with Crippen LogP contribution in [0.15, 0.2) is 18.2 Å². The lowest BCUT2D eigenvalue weighted by atomic mass is 10.1. The van der Waals surface area contributed by atoms with Crippen molar-refractivity contribution in [3.8, 4) is 0 Å². The van der Waals surface area contributed by atoms with Crippen molar-refractivity contribution in [3.05, 3.63) is 29.5 Å². The summed E-state index contributed by atoms with van der Waals surface area (Å²) in [5, 5.41) is 10.8. The normalized spacial score (nSPS) is 10.5. The zero-order valence-corrected chi connectivity index (χ0v) is 8.79. The summed E-state index contributed by atoms with van der Waals surface area (Å²) in [5.74, 6) is -0.0417. The summed E-state index contributed by atoms with van der Waals surface area (Å²) in [4.78, 5) is 11.6. The molecule has 4 nitrogen and oxygen atoms in total. The summed E-state index contributed by atoms with van der Waals surface area (Å²) in [5.41, 5.74) is 2.55. The molecule has 0 bridgehead atoms. The monoisotopic (exact) mass is 203 g/mol. The van der Waals surface area contributed by atoms with Crippen molar-refractivity contribution in [2.45, 2.75) is 13.8 Å². The molecule has 0 saturated heterocycles. The molecule has 0 spiro atoms. The third-order valence-electron chi connectivity index (χ3n) is 2.35. The predicted molar refractivity (Wildman–Crippen MR) is 58.8 cm³/mol. The molecule has 2 N–H and O–H groups in total. The van der Waals surface area contributed by atoms with Gasteiger partial charge in [0.15, 0.2) is 0 Å². The molecule has 0 saturated carbocycles. The molecule has 0 aliphatic carbocycles. The summed E-state index contributed by atoms with van der Waals surface area (Å²) in [6, 6.07) is 5.53. The van der Waals surface area contributed by atoms with Gasteiger partial charge in [-0.1, -0.05) is 0 Å². The third-order valence-corrected chi connectivity index (χ3v) is 2.35. The maximum atomic E-state index is 11.6. The van der Waals surface area contributed by atoms with E-state index in [1.165, 1.54) is 0 Å². The molecule has 2 aromatic rings. The number of aryl methyl sites for hydroxylation is 1. The van der Waals surface area contributed by atoms with Crippen molar-refractivity contribution in [2.75, 3.05) is 6.54 Å². The molecule has 0 aliphatic heterocycles. The van der Waals surface area contributed by atoms with Crippen LogP contribution in [0.1, 0.15) is 23.0 Å². The van der Waals surface area contributed by atoms with E-state index in [1.807, 2.05) is 26.0 Å². The summed E-state index contributed by atoms with van der Waals surface area (Å²) in [7, 11) is 0. The molecular weight excluding hydrogens is 190 g/mol. The van der Waals surface area contributed by atoms with Crippen molar-refractivity contribution >= 4 is 16.8 Å². The van der Waals surface area contributed by atoms with Crippen LogP contribution < -0.4 is 5.32 Å². The van der Waals surface area contributed by atoms with Crippen molar-refractivity contribution in [1.29, 1.82) is 0 Å². The van der Waals surface area contributed by atoms with Gasteiger partial charge in [0, 0.05) is 17.5 Å². The number of aromatic nitrogens is 2. The molecule has 0 radical (unpaired) electrons. The van der Waals surface area contributed by atoms with Crippen LogP contribution in [-0.4, -0.2) is 22.6 Å². The number of nitrogens with one attached hydrogen (secondary N) is 2. The number of amides is 1. The third kappa shape index (κ3) is 1.70. The maximum absolute atomic E-state index is 11.6. The molecule has 1 aromatic heterocycles. The van der Waals surface area contributed by atoms with E-state index >= 15 is 0 Å². The van der Waals surface area contributed by atoms with Gasteiger partial charge in [-0.3, -0.25) is 9.89 Å². The van der Waals surface area contributed by atoms with E-state index in [9.17, 15) is 4.79 Å². The van der Waals surface area contributed by atoms with E-state index in [4.69, 9.17) is 0 Å². The Morgan fingerprint density at radius 1 is 1.53 bits per heavy atom. The molecular formula is C11H13N3O. The van der Waals surface area contributed by atoms with Crippen molar-refractivity contribution < 1.29 is 4.79 Å².